The summed E-state index contributed by atoms with van der Waals surface area (Å²) in [6.07, 6.45) is -4.74. The third-order valence-corrected chi connectivity index (χ3v) is 2.60. The summed E-state index contributed by atoms with van der Waals surface area (Å²) in [6, 6.07) is 4.89. The first kappa shape index (κ1) is 15.8. The van der Waals surface area contributed by atoms with Crippen LogP contribution in [0.3, 0.4) is 0 Å². The average molecular weight is 277 g/mol. The summed E-state index contributed by atoms with van der Waals surface area (Å²) in [4.78, 5) is 4.13. The van der Waals surface area contributed by atoms with Crippen LogP contribution in [0.4, 0.5) is 13.2 Å². The molecule has 1 heterocycles. The highest BCUT2D eigenvalue weighted by molar-refractivity contribution is 5.20. The van der Waals surface area contributed by atoms with Crippen LogP contribution in [0.1, 0.15) is 33.4 Å². The summed E-state index contributed by atoms with van der Waals surface area (Å²) in [7, 11) is 0. The molecule has 0 fully saturated rings. The molecule has 0 aromatic carbocycles. The molecule has 0 aliphatic carbocycles. The largest absolute Gasteiger partial charge is 0.474 e. The molecule has 1 unspecified atom stereocenters. The second-order valence-corrected chi connectivity index (χ2v) is 5.67. The van der Waals surface area contributed by atoms with Crippen LogP contribution >= 0.6 is 0 Å². The maximum Gasteiger partial charge on any atom is 0.420 e. The molecule has 1 aromatic heterocycles. The molecule has 0 aliphatic rings. The van der Waals surface area contributed by atoms with E-state index in [1.165, 1.54) is 6.07 Å². The van der Waals surface area contributed by atoms with E-state index in [1.54, 1.807) is 12.1 Å². The van der Waals surface area contributed by atoms with Gasteiger partial charge in [0.15, 0.2) is 5.60 Å². The number of hydrogen-bond acceptors (Lipinski definition) is 3. The molecule has 0 radical (unpaired) electrons. The summed E-state index contributed by atoms with van der Waals surface area (Å²) in [5.41, 5.74) is -2.42. The van der Waals surface area contributed by atoms with Gasteiger partial charge in [-0.05, 0) is 13.0 Å². The van der Waals surface area contributed by atoms with Gasteiger partial charge < -0.3 is 9.84 Å². The van der Waals surface area contributed by atoms with Gasteiger partial charge in [-0.3, -0.25) is 0 Å². The van der Waals surface area contributed by atoms with E-state index in [9.17, 15) is 18.3 Å². The number of rotatable bonds is 3. The Balaban J connectivity index is 2.80. The van der Waals surface area contributed by atoms with Crippen molar-refractivity contribution in [2.24, 2.45) is 0 Å². The fourth-order valence-corrected chi connectivity index (χ4v) is 1.21. The second kappa shape index (κ2) is 5.00. The molecule has 6 heteroatoms. The summed E-state index contributed by atoms with van der Waals surface area (Å²) < 4.78 is 42.3. The van der Waals surface area contributed by atoms with Gasteiger partial charge in [-0.2, -0.15) is 13.2 Å². The number of alkyl halides is 3. The van der Waals surface area contributed by atoms with Gasteiger partial charge in [0.2, 0.25) is 5.88 Å². The molecular formula is C13H18F3NO2. The number of pyridine rings is 1. The predicted octanol–water partition coefficient (Wildman–Crippen LogP) is 3.07. The minimum atomic E-state index is -4.74. The fraction of sp³-hybridized carbons (Fsp3) is 0.615. The van der Waals surface area contributed by atoms with Crippen molar-refractivity contribution in [2.75, 3.05) is 6.61 Å². The van der Waals surface area contributed by atoms with Crippen LogP contribution in [0.25, 0.3) is 0 Å². The molecule has 0 bridgehead atoms. The van der Waals surface area contributed by atoms with E-state index in [4.69, 9.17) is 4.74 Å². The molecule has 0 saturated carbocycles. The Morgan fingerprint density at radius 2 is 1.74 bits per heavy atom. The molecule has 1 N–H and O–H groups in total. The summed E-state index contributed by atoms with van der Waals surface area (Å²) in [5.74, 6) is 0.0666. The third-order valence-electron chi connectivity index (χ3n) is 2.60. The molecule has 0 amide bonds. The molecule has 1 aromatic rings. The molecule has 3 nitrogen and oxygen atoms in total. The third kappa shape index (κ3) is 4.09. The molecule has 1 rings (SSSR count). The number of aliphatic hydroxyl groups is 1. The average Bonchev–Trinajstić information content (AvgIpc) is 2.24. The van der Waals surface area contributed by atoms with Crippen molar-refractivity contribution in [1.82, 2.24) is 4.98 Å². The first-order chi connectivity index (χ1) is 8.43. The van der Waals surface area contributed by atoms with Gasteiger partial charge in [0.05, 0.1) is 0 Å². The van der Waals surface area contributed by atoms with Gasteiger partial charge in [-0.25, -0.2) is 4.98 Å². The Bertz CT molecular complexity index is 436. The van der Waals surface area contributed by atoms with E-state index >= 15 is 0 Å². The van der Waals surface area contributed by atoms with E-state index in [1.807, 2.05) is 20.8 Å². The highest BCUT2D eigenvalue weighted by Crippen LogP contribution is 2.30. The van der Waals surface area contributed by atoms with Crippen molar-refractivity contribution < 1.29 is 23.0 Å². The Kier molecular flexibility index (Phi) is 4.14. The first-order valence-corrected chi connectivity index (χ1v) is 5.83. The number of hydrogen-bond donors (Lipinski definition) is 1. The molecule has 0 spiro atoms. The molecule has 0 saturated heterocycles. The number of nitrogens with zero attached hydrogens (tertiary/aromatic N) is 1. The Hall–Kier alpha value is -1.30. The summed E-state index contributed by atoms with van der Waals surface area (Å²) >= 11 is 0. The van der Waals surface area contributed by atoms with Crippen molar-refractivity contribution in [2.45, 2.75) is 44.9 Å². The van der Waals surface area contributed by atoms with Crippen LogP contribution in [0.2, 0.25) is 0 Å². The summed E-state index contributed by atoms with van der Waals surface area (Å²) in [6.45, 7) is 5.58. The fourth-order valence-electron chi connectivity index (χ4n) is 1.21. The monoisotopic (exact) mass is 277 g/mol. The predicted molar refractivity (Wildman–Crippen MR) is 65.1 cm³/mol. The topological polar surface area (TPSA) is 42.4 Å². The van der Waals surface area contributed by atoms with Gasteiger partial charge in [0.1, 0.15) is 6.61 Å². The smallest absolute Gasteiger partial charge is 0.420 e. The van der Waals surface area contributed by atoms with Gasteiger partial charge in [0.25, 0.3) is 0 Å². The lowest BCUT2D eigenvalue weighted by molar-refractivity contribution is -0.260. The van der Waals surface area contributed by atoms with Crippen molar-refractivity contribution >= 4 is 0 Å². The zero-order valence-corrected chi connectivity index (χ0v) is 11.4. The number of aromatic nitrogens is 1. The SMILES string of the molecule is CC(C)(C)c1cccc(OCC(C)(O)C(F)(F)F)n1. The Labute approximate surface area is 110 Å². The van der Waals surface area contributed by atoms with Crippen molar-refractivity contribution in [1.29, 1.82) is 0 Å². The minimum Gasteiger partial charge on any atom is -0.474 e. The van der Waals surface area contributed by atoms with Crippen LogP contribution in [-0.2, 0) is 5.41 Å². The number of halogens is 3. The minimum absolute atomic E-state index is 0.0666. The van der Waals surface area contributed by atoms with Crippen LogP contribution in [0.15, 0.2) is 18.2 Å². The van der Waals surface area contributed by atoms with Crippen molar-refractivity contribution in [3.8, 4) is 5.88 Å². The van der Waals surface area contributed by atoms with Crippen LogP contribution < -0.4 is 4.74 Å². The van der Waals surface area contributed by atoms with E-state index in [0.717, 1.165) is 0 Å². The lowest BCUT2D eigenvalue weighted by atomic mass is 9.92. The van der Waals surface area contributed by atoms with Crippen LogP contribution in [-0.4, -0.2) is 28.5 Å². The molecular weight excluding hydrogens is 259 g/mol. The lowest BCUT2D eigenvalue weighted by Crippen LogP contribution is -2.47. The first-order valence-electron chi connectivity index (χ1n) is 5.83. The highest BCUT2D eigenvalue weighted by Gasteiger charge is 2.50. The van der Waals surface area contributed by atoms with Crippen molar-refractivity contribution in [3.05, 3.63) is 23.9 Å². The summed E-state index contributed by atoms with van der Waals surface area (Å²) in [5, 5.41) is 9.26. The van der Waals surface area contributed by atoms with E-state index in [-0.39, 0.29) is 11.3 Å². The van der Waals surface area contributed by atoms with Gasteiger partial charge in [-0.15, -0.1) is 0 Å². The van der Waals surface area contributed by atoms with Gasteiger partial charge in [-0.1, -0.05) is 26.8 Å². The van der Waals surface area contributed by atoms with Crippen molar-refractivity contribution in [3.63, 3.8) is 0 Å². The highest BCUT2D eigenvalue weighted by atomic mass is 19.4. The van der Waals surface area contributed by atoms with Gasteiger partial charge in [0, 0.05) is 17.2 Å². The normalized spacial score (nSPS) is 16.0. The van der Waals surface area contributed by atoms with E-state index < -0.39 is 18.4 Å². The maximum atomic E-state index is 12.5. The van der Waals surface area contributed by atoms with Crippen LogP contribution in [0, 0.1) is 0 Å². The maximum absolute atomic E-state index is 12.5. The zero-order chi connectivity index (χ0) is 14.9. The molecule has 0 aliphatic heterocycles. The van der Waals surface area contributed by atoms with E-state index in [0.29, 0.717) is 12.6 Å². The molecule has 19 heavy (non-hydrogen) atoms. The zero-order valence-electron chi connectivity index (χ0n) is 11.4. The molecule has 108 valence electrons. The quantitative estimate of drug-likeness (QED) is 0.923. The van der Waals surface area contributed by atoms with E-state index in [2.05, 4.69) is 4.98 Å². The van der Waals surface area contributed by atoms with Crippen LogP contribution in [0.5, 0.6) is 5.88 Å². The number of ether oxygens (including phenoxy) is 1. The second-order valence-electron chi connectivity index (χ2n) is 5.67. The Morgan fingerprint density at radius 3 is 2.21 bits per heavy atom. The Morgan fingerprint density at radius 1 is 1.16 bits per heavy atom. The molecule has 1 atom stereocenters. The lowest BCUT2D eigenvalue weighted by Gasteiger charge is -2.26. The van der Waals surface area contributed by atoms with Gasteiger partial charge >= 0.3 is 6.18 Å². The standard InChI is InChI=1S/C13H18F3NO2/c1-11(2,3)9-6-5-7-10(17-9)19-8-12(4,18)13(14,15)16/h5-7,18H,8H2,1-4H3.